The van der Waals surface area contributed by atoms with E-state index < -0.39 is 0 Å². The summed E-state index contributed by atoms with van der Waals surface area (Å²) in [5.74, 6) is 0. The minimum atomic E-state index is -0.142. The zero-order valence-electron chi connectivity index (χ0n) is 11.2. The largest absolute Gasteiger partial charge is 0.393 e. The van der Waals surface area contributed by atoms with Gasteiger partial charge < -0.3 is 15.2 Å². The molecule has 0 aromatic rings. The van der Waals surface area contributed by atoms with Gasteiger partial charge in [0.05, 0.1) is 6.10 Å². The first kappa shape index (κ1) is 13.9. The summed E-state index contributed by atoms with van der Waals surface area (Å²) in [6.07, 6.45) is 3.68. The van der Waals surface area contributed by atoms with Gasteiger partial charge in [-0.15, -0.1) is 0 Å². The van der Waals surface area contributed by atoms with Crippen LogP contribution in [-0.2, 0) is 4.74 Å². The van der Waals surface area contributed by atoms with Crippen LogP contribution in [0.5, 0.6) is 0 Å². The minimum Gasteiger partial charge on any atom is -0.393 e. The molecule has 3 nitrogen and oxygen atoms in total. The molecule has 0 aromatic heterocycles. The Kier molecular flexibility index (Phi) is 4.77. The summed E-state index contributed by atoms with van der Waals surface area (Å²) >= 11 is 0. The van der Waals surface area contributed by atoms with Crippen LogP contribution in [0.25, 0.3) is 0 Å². The number of ether oxygens (including phenoxy) is 1. The first-order chi connectivity index (χ1) is 7.37. The van der Waals surface area contributed by atoms with Gasteiger partial charge in [-0.2, -0.15) is 0 Å². The van der Waals surface area contributed by atoms with Gasteiger partial charge in [-0.05, 0) is 53.4 Å². The first-order valence-corrected chi connectivity index (χ1v) is 6.42. The van der Waals surface area contributed by atoms with Crippen LogP contribution in [-0.4, -0.2) is 35.5 Å². The monoisotopic (exact) mass is 229 g/mol. The Morgan fingerprint density at radius 2 is 2.12 bits per heavy atom. The van der Waals surface area contributed by atoms with Gasteiger partial charge in [0.15, 0.2) is 0 Å². The fourth-order valence-corrected chi connectivity index (χ4v) is 2.71. The van der Waals surface area contributed by atoms with Crippen LogP contribution in [0.3, 0.4) is 0 Å². The van der Waals surface area contributed by atoms with Crippen molar-refractivity contribution in [2.45, 2.75) is 70.6 Å². The molecule has 2 unspecified atom stereocenters. The molecule has 3 heteroatoms. The summed E-state index contributed by atoms with van der Waals surface area (Å²) in [7, 11) is 0. The maximum Gasteiger partial charge on any atom is 0.0558 e. The standard InChI is InChI=1S/C13H27NO2/c1-5-16-9-8-13(14-12(2,3)4)7-6-11(15)10-13/h11,14-15H,5-10H2,1-4H3. The van der Waals surface area contributed by atoms with Crippen molar-refractivity contribution in [3.05, 3.63) is 0 Å². The molecule has 2 N–H and O–H groups in total. The van der Waals surface area contributed by atoms with E-state index in [2.05, 4.69) is 26.1 Å². The van der Waals surface area contributed by atoms with Crippen molar-refractivity contribution in [3.63, 3.8) is 0 Å². The highest BCUT2D eigenvalue weighted by Gasteiger charge is 2.40. The normalized spacial score (nSPS) is 30.9. The van der Waals surface area contributed by atoms with Crippen molar-refractivity contribution < 1.29 is 9.84 Å². The van der Waals surface area contributed by atoms with Gasteiger partial charge in [0, 0.05) is 24.3 Å². The van der Waals surface area contributed by atoms with E-state index in [9.17, 15) is 5.11 Å². The SMILES string of the molecule is CCOCCC1(NC(C)(C)C)CCC(O)C1. The highest BCUT2D eigenvalue weighted by Crippen LogP contribution is 2.34. The van der Waals surface area contributed by atoms with Gasteiger partial charge in [-0.25, -0.2) is 0 Å². The summed E-state index contributed by atoms with van der Waals surface area (Å²) in [6.45, 7) is 10.1. The van der Waals surface area contributed by atoms with E-state index in [1.165, 1.54) is 0 Å². The Hall–Kier alpha value is -0.120. The van der Waals surface area contributed by atoms with Crippen molar-refractivity contribution in [2.24, 2.45) is 0 Å². The molecule has 1 aliphatic rings. The Morgan fingerprint density at radius 1 is 1.44 bits per heavy atom. The second-order valence-corrected chi connectivity index (χ2v) is 6.00. The Bertz CT molecular complexity index is 212. The number of hydrogen-bond donors (Lipinski definition) is 2. The summed E-state index contributed by atoms with van der Waals surface area (Å²) in [5.41, 5.74) is 0.170. The molecule has 2 atom stereocenters. The van der Waals surface area contributed by atoms with Crippen LogP contribution < -0.4 is 5.32 Å². The lowest BCUT2D eigenvalue weighted by Gasteiger charge is -2.38. The summed E-state index contributed by atoms with van der Waals surface area (Å²) < 4.78 is 5.45. The summed E-state index contributed by atoms with van der Waals surface area (Å²) in [6, 6.07) is 0. The predicted octanol–water partition coefficient (Wildman–Crippen LogP) is 2.08. The topological polar surface area (TPSA) is 41.5 Å². The van der Waals surface area contributed by atoms with E-state index in [4.69, 9.17) is 4.74 Å². The van der Waals surface area contributed by atoms with Gasteiger partial charge in [0.2, 0.25) is 0 Å². The number of aliphatic hydroxyl groups excluding tert-OH is 1. The Balaban J connectivity index is 2.55. The average Bonchev–Trinajstić information content (AvgIpc) is 2.45. The number of rotatable bonds is 5. The third-order valence-corrected chi connectivity index (χ3v) is 3.15. The van der Waals surface area contributed by atoms with Gasteiger partial charge in [-0.1, -0.05) is 0 Å². The summed E-state index contributed by atoms with van der Waals surface area (Å²) in [5, 5.41) is 13.4. The van der Waals surface area contributed by atoms with Crippen LogP contribution in [0.15, 0.2) is 0 Å². The number of hydrogen-bond acceptors (Lipinski definition) is 3. The Morgan fingerprint density at radius 3 is 2.56 bits per heavy atom. The minimum absolute atomic E-state index is 0.0762. The quantitative estimate of drug-likeness (QED) is 0.709. The Labute approximate surface area is 99.6 Å². The van der Waals surface area contributed by atoms with Crippen molar-refractivity contribution in [3.8, 4) is 0 Å². The second-order valence-electron chi connectivity index (χ2n) is 6.00. The number of aliphatic hydroxyl groups is 1. The third kappa shape index (κ3) is 4.40. The van der Waals surface area contributed by atoms with Gasteiger partial charge in [0.25, 0.3) is 0 Å². The van der Waals surface area contributed by atoms with Crippen molar-refractivity contribution in [1.29, 1.82) is 0 Å². The van der Waals surface area contributed by atoms with E-state index in [-0.39, 0.29) is 17.2 Å². The third-order valence-electron chi connectivity index (χ3n) is 3.15. The van der Waals surface area contributed by atoms with Crippen molar-refractivity contribution in [1.82, 2.24) is 5.32 Å². The second kappa shape index (κ2) is 5.48. The highest BCUT2D eigenvalue weighted by molar-refractivity contribution is 4.99. The molecule has 0 aliphatic heterocycles. The van der Waals surface area contributed by atoms with Crippen LogP contribution in [0, 0.1) is 0 Å². The maximum atomic E-state index is 9.74. The summed E-state index contributed by atoms with van der Waals surface area (Å²) in [4.78, 5) is 0. The molecule has 0 saturated heterocycles. The van der Waals surface area contributed by atoms with Gasteiger partial charge in [0.1, 0.15) is 0 Å². The highest BCUT2D eigenvalue weighted by atomic mass is 16.5. The van der Waals surface area contributed by atoms with E-state index in [0.717, 1.165) is 38.9 Å². The molecule has 0 heterocycles. The lowest BCUT2D eigenvalue weighted by Crippen LogP contribution is -2.53. The van der Waals surface area contributed by atoms with Crippen LogP contribution in [0.1, 0.15) is 53.4 Å². The fraction of sp³-hybridized carbons (Fsp3) is 1.00. The van der Waals surface area contributed by atoms with E-state index in [0.29, 0.717) is 0 Å². The maximum absolute atomic E-state index is 9.74. The molecule has 0 spiro atoms. The molecular weight excluding hydrogens is 202 g/mol. The molecule has 0 amide bonds. The molecular formula is C13H27NO2. The predicted molar refractivity (Wildman–Crippen MR) is 66.6 cm³/mol. The van der Waals surface area contributed by atoms with E-state index in [1.807, 2.05) is 6.92 Å². The molecule has 1 fully saturated rings. The molecule has 0 aromatic carbocycles. The van der Waals surface area contributed by atoms with Crippen molar-refractivity contribution >= 4 is 0 Å². The molecule has 96 valence electrons. The fourth-order valence-electron chi connectivity index (χ4n) is 2.71. The zero-order chi connectivity index (χ0) is 12.2. The first-order valence-electron chi connectivity index (χ1n) is 6.42. The zero-order valence-corrected chi connectivity index (χ0v) is 11.2. The number of nitrogens with one attached hydrogen (secondary N) is 1. The lowest BCUT2D eigenvalue weighted by atomic mass is 9.90. The molecule has 1 rings (SSSR count). The molecule has 1 saturated carbocycles. The smallest absolute Gasteiger partial charge is 0.0558 e. The van der Waals surface area contributed by atoms with E-state index >= 15 is 0 Å². The van der Waals surface area contributed by atoms with Gasteiger partial charge in [-0.3, -0.25) is 0 Å². The van der Waals surface area contributed by atoms with Crippen LogP contribution >= 0.6 is 0 Å². The van der Waals surface area contributed by atoms with Crippen molar-refractivity contribution in [2.75, 3.05) is 13.2 Å². The molecule has 1 aliphatic carbocycles. The molecule has 0 radical (unpaired) electrons. The molecule has 0 bridgehead atoms. The van der Waals surface area contributed by atoms with Crippen LogP contribution in [0.4, 0.5) is 0 Å². The average molecular weight is 229 g/mol. The van der Waals surface area contributed by atoms with Crippen LogP contribution in [0.2, 0.25) is 0 Å². The lowest BCUT2D eigenvalue weighted by molar-refractivity contribution is 0.0983. The molecule has 16 heavy (non-hydrogen) atoms. The van der Waals surface area contributed by atoms with Gasteiger partial charge >= 0.3 is 0 Å². The van der Waals surface area contributed by atoms with E-state index in [1.54, 1.807) is 0 Å².